The summed E-state index contributed by atoms with van der Waals surface area (Å²) in [6, 6.07) is 0.758. The number of carbonyl (C=O) groups excluding carboxylic acids is 1. The Morgan fingerprint density at radius 3 is 2.47 bits per heavy atom. The molecule has 19 heavy (non-hydrogen) atoms. The molecule has 1 fully saturated rings. The van der Waals surface area contributed by atoms with Gasteiger partial charge in [0.25, 0.3) is 0 Å². The Morgan fingerprint density at radius 1 is 1.37 bits per heavy atom. The van der Waals surface area contributed by atoms with Crippen molar-refractivity contribution in [2.75, 3.05) is 20.1 Å². The minimum atomic E-state index is -0.564. The van der Waals surface area contributed by atoms with Gasteiger partial charge in [-0.25, -0.2) is 0 Å². The second-order valence-corrected chi connectivity index (χ2v) is 5.97. The average Bonchev–Trinajstić information content (AvgIpc) is 2.44. The minimum Gasteiger partial charge on any atom is -0.368 e. The lowest BCUT2D eigenvalue weighted by Gasteiger charge is -2.34. The van der Waals surface area contributed by atoms with E-state index in [4.69, 9.17) is 5.73 Å². The first kappa shape index (κ1) is 16.4. The van der Waals surface area contributed by atoms with Gasteiger partial charge in [0.2, 0.25) is 5.91 Å². The summed E-state index contributed by atoms with van der Waals surface area (Å²) in [5.74, 6) is -0.254. The van der Waals surface area contributed by atoms with Crippen molar-refractivity contribution < 1.29 is 4.79 Å². The smallest absolute Gasteiger partial charge is 0.237 e. The van der Waals surface area contributed by atoms with E-state index >= 15 is 0 Å². The molecule has 4 heteroatoms. The number of amides is 1. The van der Waals surface area contributed by atoms with E-state index in [9.17, 15) is 4.79 Å². The maximum atomic E-state index is 11.4. The number of nitrogens with two attached hydrogens (primary N) is 1. The van der Waals surface area contributed by atoms with E-state index in [2.05, 4.69) is 17.1 Å². The first-order chi connectivity index (χ1) is 9.03. The minimum absolute atomic E-state index is 0.254. The molecule has 0 aromatic heterocycles. The van der Waals surface area contributed by atoms with Crippen LogP contribution in [0.4, 0.5) is 0 Å². The molecule has 0 spiro atoms. The monoisotopic (exact) mass is 269 g/mol. The highest BCUT2D eigenvalue weighted by atomic mass is 16.1. The zero-order valence-corrected chi connectivity index (χ0v) is 12.9. The van der Waals surface area contributed by atoms with E-state index in [1.807, 2.05) is 14.0 Å². The van der Waals surface area contributed by atoms with Gasteiger partial charge in [0.15, 0.2) is 0 Å². The molecule has 0 radical (unpaired) electrons. The quantitative estimate of drug-likeness (QED) is 0.707. The predicted molar refractivity (Wildman–Crippen MR) is 80.0 cm³/mol. The number of nitrogens with one attached hydrogen (secondary N) is 1. The van der Waals surface area contributed by atoms with Gasteiger partial charge in [0.05, 0.1) is 5.54 Å². The van der Waals surface area contributed by atoms with Gasteiger partial charge in [-0.1, -0.05) is 26.2 Å². The molecule has 1 saturated carbocycles. The van der Waals surface area contributed by atoms with E-state index in [0.29, 0.717) is 0 Å². The van der Waals surface area contributed by atoms with Crippen LogP contribution in [0.3, 0.4) is 0 Å². The Bertz CT molecular complexity index is 277. The second kappa shape index (κ2) is 7.85. The highest BCUT2D eigenvalue weighted by Gasteiger charge is 2.29. The molecule has 0 aromatic rings. The van der Waals surface area contributed by atoms with Crippen LogP contribution in [0.25, 0.3) is 0 Å². The van der Waals surface area contributed by atoms with E-state index in [1.54, 1.807) is 0 Å². The van der Waals surface area contributed by atoms with Crippen molar-refractivity contribution in [3.8, 4) is 0 Å². The summed E-state index contributed by atoms with van der Waals surface area (Å²) in [6.45, 7) is 6.31. The molecule has 1 rings (SSSR count). The Balaban J connectivity index is 2.38. The van der Waals surface area contributed by atoms with Crippen LogP contribution in [-0.4, -0.2) is 42.5 Å². The zero-order chi connectivity index (χ0) is 14.3. The van der Waals surface area contributed by atoms with Crippen LogP contribution in [0.5, 0.6) is 0 Å². The van der Waals surface area contributed by atoms with Gasteiger partial charge in [-0.15, -0.1) is 0 Å². The summed E-state index contributed by atoms with van der Waals surface area (Å²) in [6.07, 6.45) is 8.65. The van der Waals surface area contributed by atoms with Crippen molar-refractivity contribution in [1.29, 1.82) is 0 Å². The molecule has 1 atom stereocenters. The van der Waals surface area contributed by atoms with Gasteiger partial charge in [-0.2, -0.15) is 0 Å². The number of primary amides is 1. The Hall–Kier alpha value is -0.610. The fourth-order valence-corrected chi connectivity index (χ4v) is 3.05. The van der Waals surface area contributed by atoms with Crippen LogP contribution >= 0.6 is 0 Å². The second-order valence-electron chi connectivity index (χ2n) is 5.97. The van der Waals surface area contributed by atoms with Gasteiger partial charge in [-0.05, 0) is 52.7 Å². The number of likely N-dealkylation sites (N-methyl/N-ethyl adjacent to an activating group) is 1. The number of nitrogens with zero attached hydrogens (tertiary/aromatic N) is 1. The molecule has 0 heterocycles. The summed E-state index contributed by atoms with van der Waals surface area (Å²) in [7, 11) is 1.81. The SMILES string of the molecule is CCN(CCCC(C)(NC)C(N)=O)C1CCCCC1. The van der Waals surface area contributed by atoms with Crippen molar-refractivity contribution >= 4 is 5.91 Å². The van der Waals surface area contributed by atoms with Gasteiger partial charge in [0, 0.05) is 6.04 Å². The average molecular weight is 269 g/mol. The fraction of sp³-hybridized carbons (Fsp3) is 0.933. The maximum absolute atomic E-state index is 11.4. The van der Waals surface area contributed by atoms with Gasteiger partial charge in [0.1, 0.15) is 0 Å². The predicted octanol–water partition coefficient (Wildman–Crippen LogP) is 1.88. The van der Waals surface area contributed by atoms with Gasteiger partial charge >= 0.3 is 0 Å². The Morgan fingerprint density at radius 2 is 2.00 bits per heavy atom. The summed E-state index contributed by atoms with van der Waals surface area (Å²) in [5, 5.41) is 3.06. The Kier molecular flexibility index (Phi) is 6.80. The third kappa shape index (κ3) is 4.77. The van der Waals surface area contributed by atoms with Crippen molar-refractivity contribution in [1.82, 2.24) is 10.2 Å². The van der Waals surface area contributed by atoms with E-state index in [0.717, 1.165) is 32.0 Å². The topological polar surface area (TPSA) is 58.4 Å². The zero-order valence-electron chi connectivity index (χ0n) is 12.9. The van der Waals surface area contributed by atoms with Crippen molar-refractivity contribution in [3.05, 3.63) is 0 Å². The van der Waals surface area contributed by atoms with Crippen LogP contribution < -0.4 is 11.1 Å². The number of hydrogen-bond acceptors (Lipinski definition) is 3. The summed E-state index contributed by atoms with van der Waals surface area (Å²) >= 11 is 0. The molecule has 0 saturated heterocycles. The standard InChI is InChI=1S/C15H31N3O/c1-4-18(13-9-6-5-7-10-13)12-8-11-15(2,17-3)14(16)19/h13,17H,4-12H2,1-3H3,(H2,16,19). The third-order valence-corrected chi connectivity index (χ3v) is 4.71. The van der Waals surface area contributed by atoms with Crippen molar-refractivity contribution in [2.45, 2.75) is 70.4 Å². The summed E-state index contributed by atoms with van der Waals surface area (Å²) < 4.78 is 0. The number of hydrogen-bond donors (Lipinski definition) is 2. The van der Waals surface area contributed by atoms with Gasteiger partial charge < -0.3 is 16.0 Å². The van der Waals surface area contributed by atoms with Crippen molar-refractivity contribution in [2.24, 2.45) is 5.73 Å². The third-order valence-electron chi connectivity index (χ3n) is 4.71. The molecule has 1 amide bonds. The largest absolute Gasteiger partial charge is 0.368 e. The molecule has 4 nitrogen and oxygen atoms in total. The van der Waals surface area contributed by atoms with Crippen LogP contribution in [-0.2, 0) is 4.79 Å². The highest BCUT2D eigenvalue weighted by molar-refractivity contribution is 5.84. The number of carbonyl (C=O) groups is 1. The molecule has 0 aromatic carbocycles. The van der Waals surface area contributed by atoms with Crippen LogP contribution in [0, 0.1) is 0 Å². The molecular weight excluding hydrogens is 238 g/mol. The first-order valence-corrected chi connectivity index (χ1v) is 7.76. The van der Waals surface area contributed by atoms with Crippen LogP contribution in [0.1, 0.15) is 58.8 Å². The number of rotatable bonds is 8. The normalized spacial score (nSPS) is 20.4. The fourth-order valence-electron chi connectivity index (χ4n) is 3.05. The van der Waals surface area contributed by atoms with Gasteiger partial charge in [-0.3, -0.25) is 4.79 Å². The van der Waals surface area contributed by atoms with Crippen LogP contribution in [0.2, 0.25) is 0 Å². The molecule has 0 bridgehead atoms. The molecule has 1 aliphatic rings. The summed E-state index contributed by atoms with van der Waals surface area (Å²) in [4.78, 5) is 14.0. The van der Waals surface area contributed by atoms with E-state index in [1.165, 1.54) is 32.1 Å². The first-order valence-electron chi connectivity index (χ1n) is 7.76. The lowest BCUT2D eigenvalue weighted by molar-refractivity contribution is -0.123. The lowest BCUT2D eigenvalue weighted by Crippen LogP contribution is -2.51. The molecule has 1 unspecified atom stereocenters. The molecule has 1 aliphatic carbocycles. The van der Waals surface area contributed by atoms with Crippen molar-refractivity contribution in [3.63, 3.8) is 0 Å². The molecule has 0 aliphatic heterocycles. The lowest BCUT2D eigenvalue weighted by atomic mass is 9.92. The Labute approximate surface area is 118 Å². The van der Waals surface area contributed by atoms with E-state index in [-0.39, 0.29) is 5.91 Å². The maximum Gasteiger partial charge on any atom is 0.237 e. The highest BCUT2D eigenvalue weighted by Crippen LogP contribution is 2.23. The molecular formula is C15H31N3O. The summed E-state index contributed by atoms with van der Waals surface area (Å²) in [5.41, 5.74) is 4.90. The van der Waals surface area contributed by atoms with E-state index < -0.39 is 5.54 Å². The molecule has 112 valence electrons. The molecule has 3 N–H and O–H groups in total. The van der Waals surface area contributed by atoms with Crippen LogP contribution in [0.15, 0.2) is 0 Å².